The number of hydrogen-bond donors (Lipinski definition) is 0. The summed E-state index contributed by atoms with van der Waals surface area (Å²) in [5, 5.41) is 0. The first-order chi connectivity index (χ1) is 5.84. The molecule has 0 saturated carbocycles. The van der Waals surface area contributed by atoms with E-state index < -0.39 is 0 Å². The van der Waals surface area contributed by atoms with Gasteiger partial charge in [-0.25, -0.2) is 0 Å². The molecule has 1 fully saturated rings. The van der Waals surface area contributed by atoms with Crippen LogP contribution in [0.15, 0.2) is 24.9 Å². The van der Waals surface area contributed by atoms with Crippen LogP contribution in [-0.2, 0) is 0 Å². The van der Waals surface area contributed by atoms with Gasteiger partial charge in [-0.15, -0.1) is 0 Å². The average molecular weight is 183 g/mol. The Hall–Kier alpha value is -0.370. The van der Waals surface area contributed by atoms with Gasteiger partial charge in [0.05, 0.1) is 0 Å². The number of nitrogens with zero attached hydrogens (tertiary/aromatic N) is 1. The van der Waals surface area contributed by atoms with Gasteiger partial charge in [0.15, 0.2) is 0 Å². The van der Waals surface area contributed by atoms with E-state index in [1.165, 1.54) is 24.3 Å². The molecule has 1 unspecified atom stereocenters. The first-order valence-electron chi connectivity index (χ1n) is 4.43. The molecule has 0 aromatic carbocycles. The average Bonchev–Trinajstić information content (AvgIpc) is 2.15. The number of allylic oxidation sites excluding steroid dienone is 2. The minimum Gasteiger partial charge on any atom is -0.377 e. The molecule has 0 aliphatic carbocycles. The van der Waals surface area contributed by atoms with Gasteiger partial charge >= 0.3 is 0 Å². The molecule has 12 heavy (non-hydrogen) atoms. The molecule has 2 heteroatoms. The highest BCUT2D eigenvalue weighted by Crippen LogP contribution is 2.20. The Bertz CT molecular complexity index is 159. The number of thioether (sulfide) groups is 1. The van der Waals surface area contributed by atoms with Gasteiger partial charge < -0.3 is 4.90 Å². The van der Waals surface area contributed by atoms with E-state index in [0.717, 1.165) is 6.04 Å². The third kappa shape index (κ3) is 2.94. The highest BCUT2D eigenvalue weighted by Gasteiger charge is 2.15. The van der Waals surface area contributed by atoms with Crippen molar-refractivity contribution in [1.82, 2.24) is 4.90 Å². The summed E-state index contributed by atoms with van der Waals surface area (Å²) in [5.74, 6) is 2.62. The summed E-state index contributed by atoms with van der Waals surface area (Å²) in [7, 11) is 2.15. The van der Waals surface area contributed by atoms with E-state index in [0.29, 0.717) is 0 Å². The van der Waals surface area contributed by atoms with Gasteiger partial charge in [0, 0.05) is 18.8 Å². The highest BCUT2D eigenvalue weighted by molar-refractivity contribution is 7.99. The Morgan fingerprint density at radius 3 is 3.00 bits per heavy atom. The third-order valence-corrected chi connectivity index (χ3v) is 3.37. The Morgan fingerprint density at radius 1 is 1.58 bits per heavy atom. The predicted octanol–water partition coefficient (Wildman–Crippen LogP) is 2.51. The maximum Gasteiger partial charge on any atom is 0.0371 e. The molecular formula is C10H17NS. The maximum atomic E-state index is 3.66. The van der Waals surface area contributed by atoms with Gasteiger partial charge in [0.25, 0.3) is 0 Å². The van der Waals surface area contributed by atoms with Gasteiger partial charge in [-0.2, -0.15) is 11.8 Å². The minimum absolute atomic E-state index is 0.736. The normalized spacial score (nSPS) is 24.2. The maximum absolute atomic E-state index is 3.66. The van der Waals surface area contributed by atoms with Crippen LogP contribution < -0.4 is 0 Å². The lowest BCUT2D eigenvalue weighted by Gasteiger charge is -2.29. The fourth-order valence-corrected chi connectivity index (χ4v) is 2.57. The molecule has 1 nitrogen and oxygen atoms in total. The summed E-state index contributed by atoms with van der Waals surface area (Å²) in [6, 6.07) is 0.736. The molecule has 1 saturated heterocycles. The van der Waals surface area contributed by atoms with Crippen LogP contribution in [0.5, 0.6) is 0 Å². The van der Waals surface area contributed by atoms with Crippen molar-refractivity contribution in [3.05, 3.63) is 24.9 Å². The van der Waals surface area contributed by atoms with Gasteiger partial charge in [-0.1, -0.05) is 12.7 Å². The first-order valence-corrected chi connectivity index (χ1v) is 5.59. The van der Waals surface area contributed by atoms with Crippen LogP contribution in [0.1, 0.15) is 12.8 Å². The summed E-state index contributed by atoms with van der Waals surface area (Å²) in [5.41, 5.74) is 0. The van der Waals surface area contributed by atoms with Crippen LogP contribution in [-0.4, -0.2) is 29.5 Å². The predicted molar refractivity (Wildman–Crippen MR) is 57.4 cm³/mol. The molecule has 0 bridgehead atoms. The Kier molecular flexibility index (Phi) is 4.30. The number of rotatable bonds is 3. The first kappa shape index (κ1) is 9.72. The molecule has 1 rings (SSSR count). The molecule has 0 radical (unpaired) electrons. The summed E-state index contributed by atoms with van der Waals surface area (Å²) in [6.45, 7) is 3.66. The third-order valence-electron chi connectivity index (χ3n) is 2.17. The smallest absolute Gasteiger partial charge is 0.0371 e. The standard InChI is InChI=1S/C10H17NS/c1-3-4-7-11(2)10-6-5-8-12-9-10/h3-4,7,10H,1,5-6,8-9H2,2H3/b7-4-. The zero-order chi connectivity index (χ0) is 8.81. The van der Waals surface area contributed by atoms with E-state index in [1.54, 1.807) is 0 Å². The van der Waals surface area contributed by atoms with Gasteiger partial charge in [-0.05, 0) is 30.9 Å². The van der Waals surface area contributed by atoms with Crippen molar-refractivity contribution in [1.29, 1.82) is 0 Å². The van der Waals surface area contributed by atoms with E-state index in [-0.39, 0.29) is 0 Å². The molecule has 0 N–H and O–H groups in total. The van der Waals surface area contributed by atoms with Gasteiger partial charge in [-0.3, -0.25) is 0 Å². The Balaban J connectivity index is 2.33. The highest BCUT2D eigenvalue weighted by atomic mass is 32.2. The molecule has 1 aliphatic heterocycles. The largest absolute Gasteiger partial charge is 0.377 e. The lowest BCUT2D eigenvalue weighted by Crippen LogP contribution is -2.31. The molecule has 1 heterocycles. The second-order valence-electron chi connectivity index (χ2n) is 3.11. The second kappa shape index (κ2) is 5.31. The molecule has 0 aromatic rings. The van der Waals surface area contributed by atoms with Crippen molar-refractivity contribution in [3.8, 4) is 0 Å². The molecule has 0 spiro atoms. The Morgan fingerprint density at radius 2 is 2.42 bits per heavy atom. The fraction of sp³-hybridized carbons (Fsp3) is 0.600. The van der Waals surface area contributed by atoms with E-state index in [1.807, 2.05) is 12.2 Å². The van der Waals surface area contributed by atoms with Crippen LogP contribution >= 0.6 is 11.8 Å². The molecule has 1 atom stereocenters. The lowest BCUT2D eigenvalue weighted by atomic mass is 10.2. The summed E-state index contributed by atoms with van der Waals surface area (Å²) in [4.78, 5) is 2.30. The van der Waals surface area contributed by atoms with Gasteiger partial charge in [0.2, 0.25) is 0 Å². The molecule has 1 aliphatic rings. The summed E-state index contributed by atoms with van der Waals surface area (Å²) >= 11 is 2.06. The zero-order valence-electron chi connectivity index (χ0n) is 7.70. The van der Waals surface area contributed by atoms with Crippen LogP contribution in [0.3, 0.4) is 0 Å². The molecule has 0 amide bonds. The summed E-state index contributed by atoms with van der Waals surface area (Å²) in [6.07, 6.45) is 8.64. The zero-order valence-corrected chi connectivity index (χ0v) is 8.52. The van der Waals surface area contributed by atoms with Crippen LogP contribution in [0, 0.1) is 0 Å². The van der Waals surface area contributed by atoms with E-state index in [4.69, 9.17) is 0 Å². The van der Waals surface area contributed by atoms with E-state index in [2.05, 4.69) is 36.5 Å². The minimum atomic E-state index is 0.736. The summed E-state index contributed by atoms with van der Waals surface area (Å²) < 4.78 is 0. The van der Waals surface area contributed by atoms with Crippen molar-refractivity contribution in [3.63, 3.8) is 0 Å². The molecular weight excluding hydrogens is 166 g/mol. The SMILES string of the molecule is C=C/C=C\N(C)C1CCCSC1. The van der Waals surface area contributed by atoms with Crippen LogP contribution in [0.4, 0.5) is 0 Å². The van der Waals surface area contributed by atoms with Crippen molar-refractivity contribution in [2.75, 3.05) is 18.6 Å². The van der Waals surface area contributed by atoms with Crippen LogP contribution in [0.2, 0.25) is 0 Å². The molecule has 0 aromatic heterocycles. The number of hydrogen-bond acceptors (Lipinski definition) is 2. The van der Waals surface area contributed by atoms with Crippen molar-refractivity contribution >= 4 is 11.8 Å². The topological polar surface area (TPSA) is 3.24 Å². The second-order valence-corrected chi connectivity index (χ2v) is 4.26. The lowest BCUT2D eigenvalue weighted by molar-refractivity contribution is 0.333. The fourth-order valence-electron chi connectivity index (χ4n) is 1.36. The van der Waals surface area contributed by atoms with Crippen molar-refractivity contribution in [2.24, 2.45) is 0 Å². The van der Waals surface area contributed by atoms with Crippen molar-refractivity contribution in [2.45, 2.75) is 18.9 Å². The van der Waals surface area contributed by atoms with Crippen molar-refractivity contribution < 1.29 is 0 Å². The van der Waals surface area contributed by atoms with Gasteiger partial charge in [0.1, 0.15) is 0 Å². The van der Waals surface area contributed by atoms with E-state index >= 15 is 0 Å². The monoisotopic (exact) mass is 183 g/mol. The van der Waals surface area contributed by atoms with E-state index in [9.17, 15) is 0 Å². The van der Waals surface area contributed by atoms with Crippen LogP contribution in [0.25, 0.3) is 0 Å². The quantitative estimate of drug-likeness (QED) is 0.619. The molecule has 68 valence electrons. The Labute approximate surface area is 79.5 Å².